The van der Waals surface area contributed by atoms with Crippen LogP contribution in [0.15, 0.2) is 158 Å². The fourth-order valence-corrected chi connectivity index (χ4v) is 22.9. The lowest BCUT2D eigenvalue weighted by Crippen LogP contribution is -2.67. The van der Waals surface area contributed by atoms with Gasteiger partial charge < -0.3 is 40.4 Å². The van der Waals surface area contributed by atoms with E-state index in [4.69, 9.17) is 20.4 Å². The lowest BCUT2D eigenvalue weighted by atomic mass is 9.32. The Kier molecular flexibility index (Phi) is 19.8. The third-order valence-electron chi connectivity index (χ3n) is 28.7. The van der Waals surface area contributed by atoms with Crippen LogP contribution in [0.3, 0.4) is 0 Å². The second-order valence-electron chi connectivity index (χ2n) is 37.3. The average molecular weight is 1600 g/mol. The number of benzene rings is 6. The lowest BCUT2D eigenvalue weighted by molar-refractivity contribution is -0.223. The molecule has 4 aliphatic heterocycles. The lowest BCUT2D eigenvalue weighted by Gasteiger charge is -2.74. The maximum atomic E-state index is 15.5. The van der Waals surface area contributed by atoms with Crippen molar-refractivity contribution in [3.63, 3.8) is 0 Å². The molecule has 614 valence electrons. The van der Waals surface area contributed by atoms with Crippen LogP contribution in [0.4, 0.5) is 22.0 Å². The number of nitrogens with one attached hydrogen (secondary N) is 4. The molecule has 16 nitrogen and oxygen atoms in total. The summed E-state index contributed by atoms with van der Waals surface area (Å²) in [7, 11) is 0. The number of carbonyl (C=O) groups is 4. The number of aromatic nitrogens is 4. The molecular weight excluding hydrogens is 1500 g/mol. The molecule has 8 N–H and O–H groups in total. The molecule has 6 aromatic carbocycles. The SMILES string of the molecule is CC1Cc2c([nH]c3ccccc23)C(C23CC(/C=C/C(=O)O)(C2)C3)N1CC1(F)CC1.CC1Cc2c([nH]c3ccccc23)C(C23CC(/C=C/C(=O)O)(C2)C3)N1CC1CC1.CC1Cc2c([nH]c3ccccc23)C(c2c(F)cc(/C=C/C(=O)O)cc2F)N1CC1(C)CC1.CCN1C(C)Cc2c([nH]c3ccccc23)C1c1c(F)cc(/C=C/C(=O)O)cc1F. The number of para-hydroxylation sites is 4. The smallest absolute Gasteiger partial charge is 0.328 e. The highest BCUT2D eigenvalue weighted by atomic mass is 19.2. The number of H-pyrrole nitrogens is 4. The van der Waals surface area contributed by atoms with E-state index in [1.165, 1.54) is 112 Å². The molecule has 21 heteroatoms. The minimum Gasteiger partial charge on any atom is -0.478 e. The molecule has 9 fully saturated rings. The first kappa shape index (κ1) is 79.0. The quantitative estimate of drug-likeness (QED) is 0.0280. The topological polar surface area (TPSA) is 225 Å². The van der Waals surface area contributed by atoms with E-state index in [1.807, 2.05) is 61.5 Å². The van der Waals surface area contributed by atoms with Gasteiger partial charge in [-0.1, -0.05) is 98.8 Å². The molecule has 0 radical (unpaired) electrons. The zero-order chi connectivity index (χ0) is 82.4. The van der Waals surface area contributed by atoms with E-state index in [2.05, 4.69) is 129 Å². The molecule has 4 aromatic heterocycles. The summed E-state index contributed by atoms with van der Waals surface area (Å²) >= 11 is 0. The van der Waals surface area contributed by atoms with Crippen molar-refractivity contribution >= 4 is 79.6 Å². The summed E-state index contributed by atoms with van der Waals surface area (Å²) < 4.78 is 76.1. The maximum Gasteiger partial charge on any atom is 0.328 e. The van der Waals surface area contributed by atoms with Crippen LogP contribution in [0.5, 0.6) is 0 Å². The first-order chi connectivity index (χ1) is 56.5. The van der Waals surface area contributed by atoms with E-state index in [1.54, 1.807) is 0 Å². The number of aromatic amines is 4. The fourth-order valence-electron chi connectivity index (χ4n) is 22.9. The normalized spacial score (nSPS) is 28.8. The summed E-state index contributed by atoms with van der Waals surface area (Å²) in [6.45, 7) is 16.2. The molecule has 8 atom stereocenters. The first-order valence-electron chi connectivity index (χ1n) is 42.2. The number of alkyl halides is 1. The van der Waals surface area contributed by atoms with Crippen molar-refractivity contribution in [2.24, 2.45) is 33.0 Å². The van der Waals surface area contributed by atoms with Crippen LogP contribution < -0.4 is 0 Å². The van der Waals surface area contributed by atoms with Crippen LogP contribution in [-0.2, 0) is 44.9 Å². The zero-order valence-electron chi connectivity index (χ0n) is 67.6. The summed E-state index contributed by atoms with van der Waals surface area (Å²) in [4.78, 5) is 67.4. The predicted octanol–water partition coefficient (Wildman–Crippen LogP) is 20.0. The van der Waals surface area contributed by atoms with Crippen LogP contribution in [0, 0.1) is 56.3 Å². The van der Waals surface area contributed by atoms with Gasteiger partial charge in [-0.15, -0.1) is 0 Å². The van der Waals surface area contributed by atoms with Crippen molar-refractivity contribution in [3.8, 4) is 0 Å². The molecule has 23 rings (SSSR count). The highest BCUT2D eigenvalue weighted by Crippen LogP contribution is 2.81. The van der Waals surface area contributed by atoms with Crippen molar-refractivity contribution in [1.82, 2.24) is 39.5 Å². The Hall–Kier alpha value is -10.2. The van der Waals surface area contributed by atoms with Gasteiger partial charge in [0, 0.05) is 146 Å². The van der Waals surface area contributed by atoms with Crippen LogP contribution in [0.25, 0.3) is 55.8 Å². The van der Waals surface area contributed by atoms with E-state index in [-0.39, 0.29) is 62.0 Å². The van der Waals surface area contributed by atoms with Gasteiger partial charge in [0.1, 0.15) is 28.9 Å². The van der Waals surface area contributed by atoms with Crippen molar-refractivity contribution < 1.29 is 61.6 Å². The van der Waals surface area contributed by atoms with Crippen molar-refractivity contribution in [2.75, 3.05) is 26.2 Å². The highest BCUT2D eigenvalue weighted by Gasteiger charge is 2.73. The number of aliphatic carboxylic acids is 4. The summed E-state index contributed by atoms with van der Waals surface area (Å²) in [5.74, 6) is -5.84. The number of fused-ring (bicyclic) bond motifs is 12. The number of carboxylic acid groups (broad SMARTS) is 4. The van der Waals surface area contributed by atoms with Gasteiger partial charge in [-0.3, -0.25) is 19.6 Å². The summed E-state index contributed by atoms with van der Waals surface area (Å²) in [5, 5.41) is 40.5. The van der Waals surface area contributed by atoms with E-state index >= 15 is 17.6 Å². The van der Waals surface area contributed by atoms with Crippen molar-refractivity contribution in [1.29, 1.82) is 0 Å². The Labute approximate surface area is 683 Å². The Morgan fingerprint density at radius 3 is 1.13 bits per heavy atom. The molecule has 8 unspecified atom stereocenters. The van der Waals surface area contributed by atoms with Crippen molar-refractivity contribution in [2.45, 2.75) is 198 Å². The largest absolute Gasteiger partial charge is 0.478 e. The molecule has 9 saturated carbocycles. The molecule has 10 aromatic rings. The molecule has 0 spiro atoms. The number of hydrogen-bond donors (Lipinski definition) is 8. The minimum absolute atomic E-state index is 0.0149. The van der Waals surface area contributed by atoms with Gasteiger partial charge in [0.2, 0.25) is 0 Å². The van der Waals surface area contributed by atoms with E-state index in [0.29, 0.717) is 49.5 Å². The second kappa shape index (κ2) is 29.7. The highest BCUT2D eigenvalue weighted by molar-refractivity contribution is 5.90. The van der Waals surface area contributed by atoms with Crippen molar-refractivity contribution in [3.05, 3.63) is 248 Å². The molecule has 8 heterocycles. The minimum atomic E-state index is -1.17. The zero-order valence-corrected chi connectivity index (χ0v) is 67.6. The number of nitrogens with zero attached hydrogens (tertiary/aromatic N) is 4. The number of rotatable bonds is 19. The van der Waals surface area contributed by atoms with E-state index in [9.17, 15) is 23.6 Å². The molecule has 4 bridgehead atoms. The number of likely N-dealkylation sites (N-methyl/N-ethyl adjacent to an activating group) is 1. The molecule has 0 saturated heterocycles. The van der Waals surface area contributed by atoms with Crippen LogP contribution in [-0.4, -0.2) is 140 Å². The summed E-state index contributed by atoms with van der Waals surface area (Å²) in [5.41, 5.74) is 14.1. The third kappa shape index (κ3) is 14.3. The molecule has 13 aliphatic rings. The number of carboxylic acids is 4. The van der Waals surface area contributed by atoms with Gasteiger partial charge in [0.15, 0.2) is 0 Å². The first-order valence-corrected chi connectivity index (χ1v) is 42.2. The Morgan fingerprint density at radius 2 is 0.771 bits per heavy atom. The monoisotopic (exact) mass is 1600 g/mol. The standard InChI is InChI=1S/C26H26F2N2O2.C24H27FN2O2.C24H28N2O2.C23H22F2N2O2/c1-15-11-18-17-5-3-4-6-21(17)29-24(18)25(30(15)14-26(2)9-10-26)23-19(27)12-16(13-20(23)28)7-8-22(31)32;1-15-10-17-16-4-2-3-5-18(16)26-20(17)21(27(15)14-24(25)8-9-24)23-11-22(12-23,13-23)7-6-19(28)29;1-15-10-18-17-4-2-3-5-19(17)25-21(18)22(26(15)11-16-6-7-16)24-12-23(13-24,14-24)9-8-20(27)28;1-3-27-13(2)10-16-15-6-4-5-7-19(15)26-22(16)23(27)21-17(24)11-14(12-18(21)25)8-9-20(28)29/h3-8,12-13,15,25,29H,9-11,14H2,1-2H3,(H,31,32);2-7,15,21,26H,8-14H2,1H3,(H,28,29);2-5,8-9,15-16,22,25H,6-7,10-14H2,1H3,(H,27,28);4-9,11-13,23,26H,3,10H2,1-2H3,(H,28,29)/b8-7+;7-6+;2*9-8+. The van der Waals surface area contributed by atoms with Gasteiger partial charge >= 0.3 is 23.9 Å². The second-order valence-corrected chi connectivity index (χ2v) is 37.3. The molecular formula is C97H103F5N8O8. The summed E-state index contributed by atoms with van der Waals surface area (Å²) in [6, 6.07) is 38.5. The van der Waals surface area contributed by atoms with Gasteiger partial charge in [0.25, 0.3) is 0 Å². The Morgan fingerprint density at radius 1 is 0.441 bits per heavy atom. The molecule has 0 amide bonds. The Balaban J connectivity index is 0.000000108. The fraction of sp³-hybridized carbons (Fsp3) is 0.423. The van der Waals surface area contributed by atoms with E-state index in [0.717, 1.165) is 146 Å². The Bertz CT molecular complexity index is 5730. The number of halogens is 5. The average Bonchev–Trinajstić information content (AvgIpc) is 0.885. The van der Waals surface area contributed by atoms with E-state index < -0.39 is 64.9 Å². The third-order valence-corrected chi connectivity index (χ3v) is 28.7. The molecule has 9 aliphatic carbocycles. The van der Waals surface area contributed by atoms with Gasteiger partial charge in [-0.05, 0) is 264 Å². The predicted molar refractivity (Wildman–Crippen MR) is 448 cm³/mol. The molecule has 118 heavy (non-hydrogen) atoms. The summed E-state index contributed by atoms with van der Waals surface area (Å²) in [6.07, 6.45) is 27.2. The number of allylic oxidation sites excluding steroid dienone is 2. The van der Waals surface area contributed by atoms with Crippen LogP contribution in [0.2, 0.25) is 0 Å². The van der Waals surface area contributed by atoms with Gasteiger partial charge in [-0.2, -0.15) is 0 Å². The van der Waals surface area contributed by atoms with Crippen LogP contribution >= 0.6 is 0 Å². The van der Waals surface area contributed by atoms with Gasteiger partial charge in [0.05, 0.1) is 24.2 Å². The van der Waals surface area contributed by atoms with Crippen LogP contribution in [0.1, 0.15) is 210 Å². The maximum absolute atomic E-state index is 15.5. The van der Waals surface area contributed by atoms with Gasteiger partial charge in [-0.25, -0.2) is 41.1 Å². The number of hydrogen-bond acceptors (Lipinski definition) is 8.